The number of hydrogen-bond acceptors (Lipinski definition) is 4. The monoisotopic (exact) mass is 337 g/mol. The number of nitro benzene ring substituents is 1. The van der Waals surface area contributed by atoms with Crippen molar-refractivity contribution in [3.05, 3.63) is 62.1 Å². The van der Waals surface area contributed by atoms with E-state index in [0.29, 0.717) is 21.5 Å². The molecule has 0 aliphatic heterocycles. The first-order valence-corrected chi connectivity index (χ1v) is 6.62. The van der Waals surface area contributed by atoms with E-state index in [1.54, 1.807) is 12.1 Å². The summed E-state index contributed by atoms with van der Waals surface area (Å²) in [6.45, 7) is 1.75. The Bertz CT molecular complexity index is 658. The highest BCUT2D eigenvalue weighted by Gasteiger charge is 2.11. The largest absolute Gasteiger partial charge is 0.457 e. The molecule has 1 N–H and O–H groups in total. The number of nitro groups is 1. The molecule has 0 aromatic heterocycles. The van der Waals surface area contributed by atoms with Crippen molar-refractivity contribution in [1.29, 1.82) is 0 Å². The number of nitrogens with zero attached hydrogens (tertiary/aromatic N) is 1. The van der Waals surface area contributed by atoms with Gasteiger partial charge in [0.1, 0.15) is 11.5 Å². The Hall–Kier alpha value is -1.92. The van der Waals surface area contributed by atoms with Crippen LogP contribution in [0.4, 0.5) is 5.69 Å². The minimum Gasteiger partial charge on any atom is -0.457 e. The number of hydrogen-bond donors (Lipinski definition) is 1. The van der Waals surface area contributed by atoms with Gasteiger partial charge in [-0.3, -0.25) is 10.1 Å². The van der Waals surface area contributed by atoms with E-state index in [-0.39, 0.29) is 12.3 Å². The zero-order valence-corrected chi connectivity index (χ0v) is 12.3. The van der Waals surface area contributed by atoms with Gasteiger partial charge in [0.2, 0.25) is 0 Å². The summed E-state index contributed by atoms with van der Waals surface area (Å²) in [4.78, 5) is 10.3. The average Bonchev–Trinajstić information content (AvgIpc) is 2.40. The van der Waals surface area contributed by atoms with Crippen molar-refractivity contribution < 1.29 is 14.8 Å². The molecule has 2 aromatic rings. The zero-order valence-electron chi connectivity index (χ0n) is 10.7. The molecule has 0 unspecified atom stereocenters. The van der Waals surface area contributed by atoms with Crippen LogP contribution in [0.15, 0.2) is 40.9 Å². The molecule has 0 fully saturated rings. The third-order valence-corrected chi connectivity index (χ3v) is 3.14. The number of aliphatic hydroxyl groups is 1. The highest BCUT2D eigenvalue weighted by Crippen LogP contribution is 2.31. The molecule has 5 nitrogen and oxygen atoms in total. The summed E-state index contributed by atoms with van der Waals surface area (Å²) in [6, 6.07) is 9.75. The van der Waals surface area contributed by atoms with Gasteiger partial charge in [0.05, 0.1) is 17.6 Å². The lowest BCUT2D eigenvalue weighted by Crippen LogP contribution is -1.94. The topological polar surface area (TPSA) is 72.6 Å². The molecule has 104 valence electrons. The van der Waals surface area contributed by atoms with Crippen LogP contribution < -0.4 is 4.74 Å². The molecule has 0 radical (unpaired) electrons. The van der Waals surface area contributed by atoms with Crippen molar-refractivity contribution >= 4 is 21.6 Å². The normalized spacial score (nSPS) is 10.3. The maximum atomic E-state index is 10.8. The Morgan fingerprint density at radius 1 is 1.30 bits per heavy atom. The van der Waals surface area contributed by atoms with Crippen LogP contribution in [0.3, 0.4) is 0 Å². The molecule has 0 aliphatic carbocycles. The first-order valence-electron chi connectivity index (χ1n) is 5.83. The number of ether oxygens (including phenoxy) is 1. The van der Waals surface area contributed by atoms with E-state index < -0.39 is 4.92 Å². The molecule has 2 aromatic carbocycles. The summed E-state index contributed by atoms with van der Waals surface area (Å²) < 4.78 is 6.19. The summed E-state index contributed by atoms with van der Waals surface area (Å²) in [5, 5.41) is 20.1. The predicted molar refractivity (Wildman–Crippen MR) is 78.0 cm³/mol. The van der Waals surface area contributed by atoms with Gasteiger partial charge >= 0.3 is 0 Å². The molecule has 0 spiro atoms. The lowest BCUT2D eigenvalue weighted by atomic mass is 10.1. The number of non-ortho nitro benzene ring substituents is 1. The SMILES string of the molecule is Cc1ccc(Oc2cc(Br)cc([N+](=O)[O-])c2)c(CO)c1. The smallest absolute Gasteiger partial charge is 0.274 e. The van der Waals surface area contributed by atoms with Gasteiger partial charge < -0.3 is 9.84 Å². The molecule has 6 heteroatoms. The first kappa shape index (κ1) is 14.5. The van der Waals surface area contributed by atoms with Crippen molar-refractivity contribution in [2.75, 3.05) is 0 Å². The molecule has 2 rings (SSSR count). The second-order valence-corrected chi connectivity index (χ2v) is 5.19. The van der Waals surface area contributed by atoms with Gasteiger partial charge in [-0.1, -0.05) is 33.6 Å². The van der Waals surface area contributed by atoms with Crippen LogP contribution in [0.1, 0.15) is 11.1 Å². The van der Waals surface area contributed by atoms with E-state index in [2.05, 4.69) is 15.9 Å². The van der Waals surface area contributed by atoms with Crippen molar-refractivity contribution in [2.45, 2.75) is 13.5 Å². The number of rotatable bonds is 4. The molecule has 20 heavy (non-hydrogen) atoms. The van der Waals surface area contributed by atoms with Gasteiger partial charge in [0.15, 0.2) is 0 Å². The fraction of sp³-hybridized carbons (Fsp3) is 0.143. The lowest BCUT2D eigenvalue weighted by molar-refractivity contribution is -0.385. The Balaban J connectivity index is 2.37. The molecule has 0 bridgehead atoms. The standard InChI is InChI=1S/C14H12BrNO4/c1-9-2-3-14(10(4-9)8-17)20-13-6-11(15)5-12(7-13)16(18)19/h2-7,17H,8H2,1H3. The van der Waals surface area contributed by atoms with E-state index in [1.165, 1.54) is 12.1 Å². The summed E-state index contributed by atoms with van der Waals surface area (Å²) in [5.41, 5.74) is 1.57. The Kier molecular flexibility index (Phi) is 4.36. The highest BCUT2D eigenvalue weighted by atomic mass is 79.9. The van der Waals surface area contributed by atoms with Gasteiger partial charge in [0, 0.05) is 16.1 Å². The molecule has 0 aliphatic rings. The first-order chi connectivity index (χ1) is 9.49. The molecular formula is C14H12BrNO4. The molecule has 0 atom stereocenters. The van der Waals surface area contributed by atoms with Crippen LogP contribution in [-0.2, 0) is 6.61 Å². The summed E-state index contributed by atoms with van der Waals surface area (Å²) in [5.74, 6) is 0.815. The average molecular weight is 338 g/mol. The lowest BCUT2D eigenvalue weighted by Gasteiger charge is -2.10. The molecule has 0 amide bonds. The molecule has 0 heterocycles. The second-order valence-electron chi connectivity index (χ2n) is 4.27. The van der Waals surface area contributed by atoms with Crippen molar-refractivity contribution in [2.24, 2.45) is 0 Å². The highest BCUT2D eigenvalue weighted by molar-refractivity contribution is 9.10. The predicted octanol–water partition coefficient (Wildman–Crippen LogP) is 3.95. The minimum absolute atomic E-state index is 0.0629. The van der Waals surface area contributed by atoms with Crippen LogP contribution in [0.5, 0.6) is 11.5 Å². The van der Waals surface area contributed by atoms with E-state index in [9.17, 15) is 15.2 Å². The van der Waals surface area contributed by atoms with E-state index in [0.717, 1.165) is 5.56 Å². The number of aliphatic hydroxyl groups excluding tert-OH is 1. The van der Waals surface area contributed by atoms with Gasteiger partial charge in [0.25, 0.3) is 5.69 Å². The van der Waals surface area contributed by atoms with Crippen LogP contribution in [-0.4, -0.2) is 10.0 Å². The summed E-state index contributed by atoms with van der Waals surface area (Å²) >= 11 is 3.21. The Labute approximate surface area is 124 Å². The van der Waals surface area contributed by atoms with Gasteiger partial charge in [-0.25, -0.2) is 0 Å². The van der Waals surface area contributed by atoms with Crippen LogP contribution >= 0.6 is 15.9 Å². The van der Waals surface area contributed by atoms with E-state index in [4.69, 9.17) is 4.74 Å². The van der Waals surface area contributed by atoms with Crippen LogP contribution in [0.25, 0.3) is 0 Å². The van der Waals surface area contributed by atoms with E-state index >= 15 is 0 Å². The number of benzene rings is 2. The second kappa shape index (κ2) is 6.02. The van der Waals surface area contributed by atoms with Crippen molar-refractivity contribution in [1.82, 2.24) is 0 Å². The Morgan fingerprint density at radius 2 is 2.05 bits per heavy atom. The van der Waals surface area contributed by atoms with E-state index in [1.807, 2.05) is 19.1 Å². The molecular weight excluding hydrogens is 326 g/mol. The molecule has 0 saturated carbocycles. The Morgan fingerprint density at radius 3 is 2.70 bits per heavy atom. The fourth-order valence-corrected chi connectivity index (χ4v) is 2.23. The third kappa shape index (κ3) is 3.34. The quantitative estimate of drug-likeness (QED) is 0.677. The summed E-state index contributed by atoms with van der Waals surface area (Å²) in [6.07, 6.45) is 0. The van der Waals surface area contributed by atoms with Gasteiger partial charge in [-0.2, -0.15) is 0 Å². The zero-order chi connectivity index (χ0) is 14.7. The maximum absolute atomic E-state index is 10.8. The maximum Gasteiger partial charge on any atom is 0.274 e. The number of halogens is 1. The van der Waals surface area contributed by atoms with Crippen LogP contribution in [0, 0.1) is 17.0 Å². The van der Waals surface area contributed by atoms with Gasteiger partial charge in [-0.05, 0) is 19.1 Å². The minimum atomic E-state index is -0.486. The van der Waals surface area contributed by atoms with Crippen molar-refractivity contribution in [3.63, 3.8) is 0 Å². The third-order valence-electron chi connectivity index (χ3n) is 2.68. The number of aryl methyl sites for hydroxylation is 1. The molecule has 0 saturated heterocycles. The van der Waals surface area contributed by atoms with Crippen LogP contribution in [0.2, 0.25) is 0 Å². The van der Waals surface area contributed by atoms with Gasteiger partial charge in [-0.15, -0.1) is 0 Å². The fourth-order valence-electron chi connectivity index (χ4n) is 1.77. The summed E-state index contributed by atoms with van der Waals surface area (Å²) in [7, 11) is 0. The van der Waals surface area contributed by atoms with Crippen molar-refractivity contribution in [3.8, 4) is 11.5 Å².